The molecule has 2 aromatic carbocycles. The third kappa shape index (κ3) is 3.64. The summed E-state index contributed by atoms with van der Waals surface area (Å²) in [5, 5.41) is 5.51. The average Bonchev–Trinajstić information content (AvgIpc) is 3.45. The third-order valence-electron chi connectivity index (χ3n) is 6.87. The van der Waals surface area contributed by atoms with E-state index in [1.54, 1.807) is 0 Å². The number of amides is 3. The average molecular weight is 419 g/mol. The summed E-state index contributed by atoms with van der Waals surface area (Å²) in [5.41, 5.74) is 3.25. The van der Waals surface area contributed by atoms with E-state index < -0.39 is 0 Å². The lowest BCUT2D eigenvalue weighted by Gasteiger charge is -2.34. The fraction of sp³-hybridized carbons (Fsp3) is 0.440. The van der Waals surface area contributed by atoms with Gasteiger partial charge < -0.3 is 19.7 Å². The highest BCUT2D eigenvalue weighted by molar-refractivity contribution is 6.09. The largest absolute Gasteiger partial charge is 0.341 e. The number of nitrogens with zero attached hydrogens (tertiary/aromatic N) is 3. The van der Waals surface area contributed by atoms with Crippen LogP contribution in [0.4, 0.5) is 10.5 Å². The Balaban J connectivity index is 1.27. The zero-order valence-electron chi connectivity index (χ0n) is 18.1. The number of urea groups is 1. The summed E-state index contributed by atoms with van der Waals surface area (Å²) in [6.45, 7) is 6.13. The van der Waals surface area contributed by atoms with Gasteiger partial charge in [0.05, 0.1) is 0 Å². The molecule has 31 heavy (non-hydrogen) atoms. The van der Waals surface area contributed by atoms with Gasteiger partial charge in [0.15, 0.2) is 0 Å². The van der Waals surface area contributed by atoms with Gasteiger partial charge in [-0.1, -0.05) is 18.2 Å². The van der Waals surface area contributed by atoms with E-state index in [2.05, 4.69) is 53.2 Å². The van der Waals surface area contributed by atoms with E-state index in [1.807, 2.05) is 15.9 Å². The molecule has 0 spiro atoms. The Kier molecular flexibility index (Phi) is 5.30. The van der Waals surface area contributed by atoms with Crippen LogP contribution in [0.15, 0.2) is 42.5 Å². The van der Waals surface area contributed by atoms with Crippen molar-refractivity contribution in [1.82, 2.24) is 14.4 Å². The molecular formula is C25H30N4O2. The molecule has 5 rings (SSSR count). The van der Waals surface area contributed by atoms with E-state index in [0.29, 0.717) is 13.1 Å². The van der Waals surface area contributed by atoms with Crippen LogP contribution in [-0.4, -0.2) is 52.5 Å². The van der Waals surface area contributed by atoms with Gasteiger partial charge in [0, 0.05) is 66.1 Å². The smallest absolute Gasteiger partial charge is 0.319 e. The number of aryl methyl sites for hydroxylation is 1. The SMILES string of the molecule is CCn1c2ccccc2c2cc(NC(=O)C3CCN(C(=O)N4CCCC4)CC3)ccc21. The lowest BCUT2D eigenvalue weighted by atomic mass is 9.96. The molecule has 2 fully saturated rings. The molecule has 0 bridgehead atoms. The molecule has 0 unspecified atom stereocenters. The fourth-order valence-corrected chi connectivity index (χ4v) is 5.16. The summed E-state index contributed by atoms with van der Waals surface area (Å²) in [5.74, 6) is 0.0159. The van der Waals surface area contributed by atoms with E-state index in [0.717, 1.165) is 51.0 Å². The molecular weight excluding hydrogens is 388 g/mol. The Bertz CT molecular complexity index is 1120. The Hall–Kier alpha value is -3.02. The van der Waals surface area contributed by atoms with Gasteiger partial charge in [-0.15, -0.1) is 0 Å². The van der Waals surface area contributed by atoms with Crippen LogP contribution in [0, 0.1) is 5.92 Å². The van der Waals surface area contributed by atoms with Crippen LogP contribution in [0.2, 0.25) is 0 Å². The number of anilines is 1. The quantitative estimate of drug-likeness (QED) is 0.671. The van der Waals surface area contributed by atoms with Crippen LogP contribution >= 0.6 is 0 Å². The minimum atomic E-state index is -0.0460. The molecule has 6 heteroatoms. The first-order chi connectivity index (χ1) is 15.2. The minimum absolute atomic E-state index is 0.0460. The number of hydrogen-bond acceptors (Lipinski definition) is 2. The van der Waals surface area contributed by atoms with Crippen molar-refractivity contribution in [2.45, 2.75) is 39.2 Å². The summed E-state index contributed by atoms with van der Waals surface area (Å²) in [6, 6.07) is 14.8. The first-order valence-electron chi connectivity index (χ1n) is 11.5. The number of nitrogens with one attached hydrogen (secondary N) is 1. The van der Waals surface area contributed by atoms with Crippen LogP contribution in [0.5, 0.6) is 0 Å². The number of para-hydroxylation sites is 1. The predicted octanol–water partition coefficient (Wildman–Crippen LogP) is 4.68. The minimum Gasteiger partial charge on any atom is -0.341 e. The van der Waals surface area contributed by atoms with Gasteiger partial charge in [0.25, 0.3) is 0 Å². The molecule has 2 saturated heterocycles. The molecule has 0 saturated carbocycles. The van der Waals surface area contributed by atoms with Crippen molar-refractivity contribution in [3.8, 4) is 0 Å². The van der Waals surface area contributed by atoms with Crippen LogP contribution in [0.3, 0.4) is 0 Å². The van der Waals surface area contributed by atoms with Crippen LogP contribution in [-0.2, 0) is 11.3 Å². The molecule has 3 amide bonds. The van der Waals surface area contributed by atoms with Crippen molar-refractivity contribution in [3.05, 3.63) is 42.5 Å². The summed E-state index contributed by atoms with van der Waals surface area (Å²) < 4.78 is 2.31. The van der Waals surface area contributed by atoms with Gasteiger partial charge in [-0.2, -0.15) is 0 Å². The first-order valence-corrected chi connectivity index (χ1v) is 11.5. The van der Waals surface area contributed by atoms with Crippen LogP contribution < -0.4 is 5.32 Å². The third-order valence-corrected chi connectivity index (χ3v) is 6.87. The Labute approximate surface area is 182 Å². The number of rotatable bonds is 3. The van der Waals surface area contributed by atoms with Crippen molar-refractivity contribution < 1.29 is 9.59 Å². The normalized spacial score (nSPS) is 17.6. The molecule has 2 aliphatic rings. The topological polar surface area (TPSA) is 57.6 Å². The van der Waals surface area contributed by atoms with Crippen molar-refractivity contribution in [2.75, 3.05) is 31.5 Å². The zero-order chi connectivity index (χ0) is 21.4. The van der Waals surface area contributed by atoms with Crippen LogP contribution in [0.1, 0.15) is 32.6 Å². The number of likely N-dealkylation sites (tertiary alicyclic amines) is 2. The number of carbonyl (C=O) groups excluding carboxylic acids is 2. The zero-order valence-corrected chi connectivity index (χ0v) is 18.1. The molecule has 3 aromatic rings. The van der Waals surface area contributed by atoms with Gasteiger partial charge in [0.1, 0.15) is 0 Å². The summed E-state index contributed by atoms with van der Waals surface area (Å²) in [4.78, 5) is 29.4. The number of piperidine rings is 1. The summed E-state index contributed by atoms with van der Waals surface area (Å²) >= 11 is 0. The maximum atomic E-state index is 12.9. The van der Waals surface area contributed by atoms with Gasteiger partial charge >= 0.3 is 6.03 Å². The highest BCUT2D eigenvalue weighted by Crippen LogP contribution is 2.31. The maximum Gasteiger partial charge on any atom is 0.319 e. The Morgan fingerprint density at radius 2 is 1.58 bits per heavy atom. The lowest BCUT2D eigenvalue weighted by molar-refractivity contribution is -0.121. The fourth-order valence-electron chi connectivity index (χ4n) is 5.16. The van der Waals surface area contributed by atoms with Crippen molar-refractivity contribution in [1.29, 1.82) is 0 Å². The second-order valence-electron chi connectivity index (χ2n) is 8.72. The molecule has 3 heterocycles. The Morgan fingerprint density at radius 3 is 2.32 bits per heavy atom. The summed E-state index contributed by atoms with van der Waals surface area (Å²) in [7, 11) is 0. The number of carbonyl (C=O) groups is 2. The number of hydrogen-bond donors (Lipinski definition) is 1. The van der Waals surface area contributed by atoms with Gasteiger partial charge in [0.2, 0.25) is 5.91 Å². The second-order valence-corrected chi connectivity index (χ2v) is 8.72. The van der Waals surface area contributed by atoms with E-state index in [1.165, 1.54) is 21.8 Å². The van der Waals surface area contributed by atoms with Crippen LogP contribution in [0.25, 0.3) is 21.8 Å². The molecule has 2 aliphatic heterocycles. The van der Waals surface area contributed by atoms with E-state index in [-0.39, 0.29) is 17.9 Å². The maximum absolute atomic E-state index is 12.9. The number of fused-ring (bicyclic) bond motifs is 3. The van der Waals surface area contributed by atoms with Crippen molar-refractivity contribution in [2.24, 2.45) is 5.92 Å². The number of benzene rings is 2. The van der Waals surface area contributed by atoms with Gasteiger partial charge in [-0.3, -0.25) is 4.79 Å². The molecule has 1 N–H and O–H groups in total. The molecule has 162 valence electrons. The molecule has 0 aliphatic carbocycles. The van der Waals surface area contributed by atoms with Gasteiger partial charge in [-0.05, 0) is 56.9 Å². The van der Waals surface area contributed by atoms with E-state index in [4.69, 9.17) is 0 Å². The molecule has 0 radical (unpaired) electrons. The van der Waals surface area contributed by atoms with Gasteiger partial charge in [-0.25, -0.2) is 4.79 Å². The summed E-state index contributed by atoms with van der Waals surface area (Å²) in [6.07, 6.45) is 3.66. The second kappa shape index (κ2) is 8.25. The number of aromatic nitrogens is 1. The molecule has 0 atom stereocenters. The predicted molar refractivity (Wildman–Crippen MR) is 124 cm³/mol. The van der Waals surface area contributed by atoms with Crippen molar-refractivity contribution in [3.63, 3.8) is 0 Å². The monoisotopic (exact) mass is 418 g/mol. The Morgan fingerprint density at radius 1 is 0.903 bits per heavy atom. The highest BCUT2D eigenvalue weighted by atomic mass is 16.2. The van der Waals surface area contributed by atoms with E-state index in [9.17, 15) is 9.59 Å². The molecule has 1 aromatic heterocycles. The highest BCUT2D eigenvalue weighted by Gasteiger charge is 2.30. The van der Waals surface area contributed by atoms with E-state index >= 15 is 0 Å². The lowest BCUT2D eigenvalue weighted by Crippen LogP contribution is -2.47. The standard InChI is InChI=1S/C25H30N4O2/c1-2-29-22-8-4-3-7-20(22)21-17-19(9-10-23(21)29)26-24(30)18-11-15-28(16-12-18)25(31)27-13-5-6-14-27/h3-4,7-10,17-18H,2,5-6,11-16H2,1H3,(H,26,30). The van der Waals surface area contributed by atoms with Crippen molar-refractivity contribution >= 4 is 39.4 Å². The molecule has 6 nitrogen and oxygen atoms in total. The first kappa shape index (κ1) is 19.9.